The van der Waals surface area contributed by atoms with Crippen LogP contribution in [0.1, 0.15) is 32.6 Å². The summed E-state index contributed by atoms with van der Waals surface area (Å²) in [7, 11) is 0. The van der Waals surface area contributed by atoms with Gasteiger partial charge in [-0.15, -0.1) is 11.6 Å². The van der Waals surface area contributed by atoms with Gasteiger partial charge in [0.2, 0.25) is 0 Å². The Hall–Kier alpha value is -0.700. The quantitative estimate of drug-likeness (QED) is 0.507. The molecule has 0 aliphatic rings. The van der Waals surface area contributed by atoms with Crippen molar-refractivity contribution in [2.24, 2.45) is 0 Å². The third kappa shape index (κ3) is 5.07. The van der Waals surface area contributed by atoms with E-state index in [0.717, 1.165) is 50.5 Å². The number of nitrogens with zero attached hydrogens (tertiary/aromatic N) is 2. The number of ether oxygens (including phenoxy) is 1. The van der Waals surface area contributed by atoms with Crippen LogP contribution in [-0.4, -0.2) is 22.3 Å². The molecule has 0 unspecified atom stereocenters. The summed E-state index contributed by atoms with van der Waals surface area (Å²) in [4.78, 5) is 0. The second-order valence-electron chi connectivity index (χ2n) is 3.54. The normalized spacial score (nSPS) is 10.5. The Labute approximate surface area is 96.4 Å². The van der Waals surface area contributed by atoms with E-state index in [-0.39, 0.29) is 0 Å². The predicted octanol–water partition coefficient (Wildman–Crippen LogP) is 3.08. The molecule has 1 aromatic heterocycles. The summed E-state index contributed by atoms with van der Waals surface area (Å²) < 4.78 is 7.46. The minimum absolute atomic E-state index is 0.744. The lowest BCUT2D eigenvalue weighted by atomic mass is 10.3. The molecule has 0 N–H and O–H groups in total. The van der Waals surface area contributed by atoms with Crippen LogP contribution in [0.5, 0.6) is 5.75 Å². The van der Waals surface area contributed by atoms with Gasteiger partial charge in [-0.2, -0.15) is 5.10 Å². The Kier molecular flexibility index (Phi) is 6.25. The van der Waals surface area contributed by atoms with Crippen molar-refractivity contribution in [1.29, 1.82) is 0 Å². The molecule has 1 aromatic rings. The smallest absolute Gasteiger partial charge is 0.157 e. The molecule has 1 rings (SSSR count). The summed E-state index contributed by atoms with van der Waals surface area (Å²) in [5.74, 6) is 1.61. The largest absolute Gasteiger partial charge is 0.490 e. The Morgan fingerprint density at radius 2 is 2.27 bits per heavy atom. The maximum atomic E-state index is 5.58. The predicted molar refractivity (Wildman–Crippen MR) is 62.6 cm³/mol. The van der Waals surface area contributed by atoms with Gasteiger partial charge in [-0.3, -0.25) is 4.68 Å². The maximum absolute atomic E-state index is 5.58. The third-order valence-electron chi connectivity index (χ3n) is 2.11. The molecule has 4 heteroatoms. The van der Waals surface area contributed by atoms with Crippen molar-refractivity contribution >= 4 is 11.6 Å². The van der Waals surface area contributed by atoms with E-state index in [1.54, 1.807) is 6.20 Å². The van der Waals surface area contributed by atoms with E-state index < -0.39 is 0 Å². The molecular formula is C11H19ClN2O. The number of rotatable bonds is 8. The number of aromatic nitrogens is 2. The topological polar surface area (TPSA) is 27.1 Å². The molecule has 3 nitrogen and oxygen atoms in total. The van der Waals surface area contributed by atoms with Gasteiger partial charge in [-0.1, -0.05) is 6.92 Å². The van der Waals surface area contributed by atoms with Gasteiger partial charge < -0.3 is 4.74 Å². The summed E-state index contributed by atoms with van der Waals surface area (Å²) in [6.45, 7) is 3.85. The average Bonchev–Trinajstić information content (AvgIpc) is 2.66. The van der Waals surface area contributed by atoms with E-state index in [0.29, 0.717) is 0 Å². The van der Waals surface area contributed by atoms with Crippen LogP contribution in [0.3, 0.4) is 0 Å². The monoisotopic (exact) mass is 230 g/mol. The summed E-state index contributed by atoms with van der Waals surface area (Å²) in [5.41, 5.74) is 0. The SMILES string of the molecule is CCCn1cc(OCCCCCCl)cn1. The molecule has 0 bridgehead atoms. The first kappa shape index (κ1) is 12.4. The second kappa shape index (κ2) is 7.57. The Morgan fingerprint density at radius 3 is 3.00 bits per heavy atom. The molecule has 0 saturated heterocycles. The summed E-state index contributed by atoms with van der Waals surface area (Å²) >= 11 is 5.58. The van der Waals surface area contributed by atoms with Crippen molar-refractivity contribution < 1.29 is 4.74 Å². The van der Waals surface area contributed by atoms with E-state index in [1.807, 2.05) is 10.9 Å². The Morgan fingerprint density at radius 1 is 1.40 bits per heavy atom. The molecule has 1 heterocycles. The highest BCUT2D eigenvalue weighted by Gasteiger charge is 1.98. The number of aryl methyl sites for hydroxylation is 1. The van der Waals surface area contributed by atoms with E-state index in [1.165, 1.54) is 0 Å². The Bertz CT molecular complexity index is 263. The van der Waals surface area contributed by atoms with Crippen LogP contribution >= 0.6 is 11.6 Å². The van der Waals surface area contributed by atoms with Gasteiger partial charge in [0.25, 0.3) is 0 Å². The fraction of sp³-hybridized carbons (Fsp3) is 0.727. The minimum Gasteiger partial charge on any atom is -0.490 e. The number of unbranched alkanes of at least 4 members (excludes halogenated alkanes) is 2. The molecule has 0 aromatic carbocycles. The molecular weight excluding hydrogens is 212 g/mol. The molecule has 0 aliphatic carbocycles. The molecule has 86 valence electrons. The average molecular weight is 231 g/mol. The first-order chi connectivity index (χ1) is 7.36. The first-order valence-electron chi connectivity index (χ1n) is 5.58. The van der Waals surface area contributed by atoms with Gasteiger partial charge in [0.15, 0.2) is 5.75 Å². The fourth-order valence-corrected chi connectivity index (χ4v) is 1.52. The zero-order valence-corrected chi connectivity index (χ0v) is 10.0. The number of hydrogen-bond donors (Lipinski definition) is 0. The van der Waals surface area contributed by atoms with E-state index in [2.05, 4.69) is 12.0 Å². The lowest BCUT2D eigenvalue weighted by molar-refractivity contribution is 0.306. The van der Waals surface area contributed by atoms with Gasteiger partial charge in [0.1, 0.15) is 0 Å². The van der Waals surface area contributed by atoms with Crippen molar-refractivity contribution in [3.63, 3.8) is 0 Å². The number of halogens is 1. The van der Waals surface area contributed by atoms with Gasteiger partial charge in [-0.25, -0.2) is 0 Å². The molecule has 0 spiro atoms. The fourth-order valence-electron chi connectivity index (χ4n) is 1.33. The van der Waals surface area contributed by atoms with Crippen LogP contribution in [0.15, 0.2) is 12.4 Å². The van der Waals surface area contributed by atoms with Gasteiger partial charge in [0, 0.05) is 12.4 Å². The van der Waals surface area contributed by atoms with Crippen LogP contribution in [0.25, 0.3) is 0 Å². The minimum atomic E-state index is 0.744. The zero-order valence-electron chi connectivity index (χ0n) is 9.29. The van der Waals surface area contributed by atoms with Crippen LogP contribution in [0.4, 0.5) is 0 Å². The van der Waals surface area contributed by atoms with Crippen LogP contribution < -0.4 is 4.74 Å². The van der Waals surface area contributed by atoms with Gasteiger partial charge in [0.05, 0.1) is 19.0 Å². The highest BCUT2D eigenvalue weighted by atomic mass is 35.5. The summed E-state index contributed by atoms with van der Waals surface area (Å²) in [6.07, 6.45) is 8.08. The lowest BCUT2D eigenvalue weighted by Crippen LogP contribution is -1.97. The highest BCUT2D eigenvalue weighted by molar-refractivity contribution is 6.17. The molecule has 0 radical (unpaired) electrons. The van der Waals surface area contributed by atoms with E-state index >= 15 is 0 Å². The third-order valence-corrected chi connectivity index (χ3v) is 2.38. The standard InChI is InChI=1S/C11H19ClN2O/c1-2-7-14-10-11(9-13-14)15-8-5-3-4-6-12/h9-10H,2-8H2,1H3. The van der Waals surface area contributed by atoms with Crippen LogP contribution in [0, 0.1) is 0 Å². The molecule has 15 heavy (non-hydrogen) atoms. The van der Waals surface area contributed by atoms with Crippen LogP contribution in [0.2, 0.25) is 0 Å². The molecule has 0 aliphatic heterocycles. The van der Waals surface area contributed by atoms with E-state index in [9.17, 15) is 0 Å². The number of alkyl halides is 1. The maximum Gasteiger partial charge on any atom is 0.157 e. The molecule has 0 saturated carbocycles. The van der Waals surface area contributed by atoms with Gasteiger partial charge >= 0.3 is 0 Å². The van der Waals surface area contributed by atoms with Crippen LogP contribution in [-0.2, 0) is 6.54 Å². The van der Waals surface area contributed by atoms with Crippen molar-refractivity contribution in [1.82, 2.24) is 9.78 Å². The van der Waals surface area contributed by atoms with Crippen molar-refractivity contribution in [3.05, 3.63) is 12.4 Å². The molecule has 0 atom stereocenters. The molecule has 0 fully saturated rings. The summed E-state index contributed by atoms with van der Waals surface area (Å²) in [5, 5.41) is 4.19. The lowest BCUT2D eigenvalue weighted by Gasteiger charge is -2.01. The molecule has 0 amide bonds. The van der Waals surface area contributed by atoms with E-state index in [4.69, 9.17) is 16.3 Å². The van der Waals surface area contributed by atoms with Crippen molar-refractivity contribution in [3.8, 4) is 5.75 Å². The van der Waals surface area contributed by atoms with Gasteiger partial charge in [-0.05, 0) is 25.7 Å². The second-order valence-corrected chi connectivity index (χ2v) is 3.92. The summed E-state index contributed by atoms with van der Waals surface area (Å²) in [6, 6.07) is 0. The first-order valence-corrected chi connectivity index (χ1v) is 6.11. The van der Waals surface area contributed by atoms with Crippen molar-refractivity contribution in [2.75, 3.05) is 12.5 Å². The Balaban J connectivity index is 2.14. The highest BCUT2D eigenvalue weighted by Crippen LogP contribution is 2.09. The number of hydrogen-bond acceptors (Lipinski definition) is 2. The van der Waals surface area contributed by atoms with Crippen molar-refractivity contribution in [2.45, 2.75) is 39.2 Å². The zero-order chi connectivity index (χ0) is 10.9.